The van der Waals surface area contributed by atoms with Gasteiger partial charge in [-0.3, -0.25) is 4.79 Å². The van der Waals surface area contributed by atoms with Gasteiger partial charge in [-0.15, -0.1) is 11.8 Å². The number of aliphatic carboxylic acids is 1. The highest BCUT2D eigenvalue weighted by atomic mass is 35.5. The van der Waals surface area contributed by atoms with Crippen LogP contribution in [-0.4, -0.2) is 49.5 Å². The highest BCUT2D eigenvalue weighted by Gasteiger charge is 2.35. The van der Waals surface area contributed by atoms with Gasteiger partial charge in [-0.25, -0.2) is 14.8 Å². The zero-order valence-electron chi connectivity index (χ0n) is 8.54. The molecule has 0 aromatic carbocycles. The number of amides is 1. The number of hydrogen-bond donors (Lipinski definition) is 1. The minimum atomic E-state index is -1.01. The quantitative estimate of drug-likeness (QED) is 0.855. The molecule has 0 radical (unpaired) electrons. The second-order valence-electron chi connectivity index (χ2n) is 3.35. The summed E-state index contributed by atoms with van der Waals surface area (Å²) in [7, 11) is 0. The van der Waals surface area contributed by atoms with Gasteiger partial charge in [0, 0.05) is 5.75 Å². The van der Waals surface area contributed by atoms with Gasteiger partial charge in [0.25, 0.3) is 5.91 Å². The summed E-state index contributed by atoms with van der Waals surface area (Å²) in [4.78, 5) is 31.8. The maximum atomic E-state index is 12.0. The van der Waals surface area contributed by atoms with Gasteiger partial charge >= 0.3 is 5.97 Å². The Labute approximate surface area is 106 Å². The van der Waals surface area contributed by atoms with Crippen molar-refractivity contribution in [1.82, 2.24) is 14.9 Å². The summed E-state index contributed by atoms with van der Waals surface area (Å²) in [5, 5.41) is 9.15. The molecular weight excluding hydrogens is 266 g/mol. The van der Waals surface area contributed by atoms with Crippen LogP contribution in [0.2, 0.25) is 5.15 Å². The lowest BCUT2D eigenvalue weighted by Crippen LogP contribution is -2.42. The van der Waals surface area contributed by atoms with E-state index in [1.165, 1.54) is 29.1 Å². The lowest BCUT2D eigenvalue weighted by Gasteiger charge is -2.19. The van der Waals surface area contributed by atoms with Crippen molar-refractivity contribution >= 4 is 35.2 Å². The van der Waals surface area contributed by atoms with Crippen molar-refractivity contribution in [3.8, 4) is 0 Å². The number of carbonyl (C=O) groups excluding carboxylic acids is 1. The number of thioether (sulfide) groups is 1. The third-order valence-electron chi connectivity index (χ3n) is 2.27. The van der Waals surface area contributed by atoms with Gasteiger partial charge in [-0.05, 0) is 0 Å². The van der Waals surface area contributed by atoms with Crippen molar-refractivity contribution in [2.75, 3.05) is 11.6 Å². The van der Waals surface area contributed by atoms with Crippen LogP contribution in [0.4, 0.5) is 0 Å². The van der Waals surface area contributed by atoms with Crippen LogP contribution >= 0.6 is 23.4 Å². The normalized spacial score (nSPS) is 19.4. The van der Waals surface area contributed by atoms with Crippen LogP contribution in [-0.2, 0) is 4.79 Å². The summed E-state index contributed by atoms with van der Waals surface area (Å²) in [5.41, 5.74) is 0.100. The maximum absolute atomic E-state index is 12.0. The first-order chi connectivity index (χ1) is 8.09. The largest absolute Gasteiger partial charge is 0.480 e. The molecule has 0 spiro atoms. The Hall–Kier alpha value is -1.34. The first-order valence-electron chi connectivity index (χ1n) is 4.68. The van der Waals surface area contributed by atoms with Crippen molar-refractivity contribution < 1.29 is 14.7 Å². The number of aromatic nitrogens is 2. The van der Waals surface area contributed by atoms with Gasteiger partial charge in [0.2, 0.25) is 0 Å². The Bertz CT molecular complexity index is 453. The Morgan fingerprint density at radius 2 is 2.24 bits per heavy atom. The van der Waals surface area contributed by atoms with E-state index in [2.05, 4.69) is 9.97 Å². The molecule has 8 heteroatoms. The summed E-state index contributed by atoms with van der Waals surface area (Å²) < 4.78 is 0. The van der Waals surface area contributed by atoms with Crippen molar-refractivity contribution in [3.63, 3.8) is 0 Å². The van der Waals surface area contributed by atoms with Crippen molar-refractivity contribution in [2.24, 2.45) is 0 Å². The molecule has 1 atom stereocenters. The minimum Gasteiger partial charge on any atom is -0.480 e. The molecule has 6 nitrogen and oxygen atoms in total. The molecule has 1 aliphatic heterocycles. The molecule has 1 aromatic heterocycles. The van der Waals surface area contributed by atoms with Crippen molar-refractivity contribution in [3.05, 3.63) is 23.2 Å². The third-order valence-corrected chi connectivity index (χ3v) is 3.48. The summed E-state index contributed by atoms with van der Waals surface area (Å²) in [6.45, 7) is 0. The standard InChI is InChI=1S/C9H8ClN3O3S/c10-7-2-11-5(1-12-7)8(14)13-4-17-3-6(13)9(15)16/h1-2,6H,3-4H2,(H,15,16). The van der Waals surface area contributed by atoms with Crippen LogP contribution in [0.3, 0.4) is 0 Å². The molecule has 1 N–H and O–H groups in total. The third kappa shape index (κ3) is 2.50. The fourth-order valence-electron chi connectivity index (χ4n) is 1.42. The zero-order valence-corrected chi connectivity index (χ0v) is 10.1. The lowest BCUT2D eigenvalue weighted by molar-refractivity contribution is -0.140. The fraction of sp³-hybridized carbons (Fsp3) is 0.333. The van der Waals surface area contributed by atoms with Crippen LogP contribution in [0.1, 0.15) is 10.5 Å². The van der Waals surface area contributed by atoms with E-state index >= 15 is 0 Å². The molecule has 1 fully saturated rings. The molecule has 90 valence electrons. The lowest BCUT2D eigenvalue weighted by atomic mass is 10.2. The van der Waals surface area contributed by atoms with E-state index < -0.39 is 17.9 Å². The zero-order chi connectivity index (χ0) is 12.4. The first kappa shape index (κ1) is 12.1. The number of carbonyl (C=O) groups is 2. The average Bonchev–Trinajstić information content (AvgIpc) is 2.78. The molecule has 2 heterocycles. The molecule has 17 heavy (non-hydrogen) atoms. The molecule has 1 saturated heterocycles. The Balaban J connectivity index is 2.19. The SMILES string of the molecule is O=C(O)C1CSCN1C(=O)c1cnc(Cl)cn1. The second kappa shape index (κ2) is 4.89. The van der Waals surface area contributed by atoms with Crippen LogP contribution in [0.5, 0.6) is 0 Å². The fourth-order valence-corrected chi connectivity index (χ4v) is 2.66. The van der Waals surface area contributed by atoms with E-state index in [4.69, 9.17) is 16.7 Å². The molecular formula is C9H8ClN3O3S. The van der Waals surface area contributed by atoms with Crippen molar-refractivity contribution in [1.29, 1.82) is 0 Å². The number of hydrogen-bond acceptors (Lipinski definition) is 5. The van der Waals surface area contributed by atoms with Crippen LogP contribution in [0, 0.1) is 0 Å². The van der Waals surface area contributed by atoms with Crippen LogP contribution in [0.25, 0.3) is 0 Å². The van der Waals surface area contributed by atoms with E-state index in [0.29, 0.717) is 11.6 Å². The monoisotopic (exact) mass is 273 g/mol. The van der Waals surface area contributed by atoms with Gasteiger partial charge in [0.15, 0.2) is 0 Å². The summed E-state index contributed by atoms with van der Waals surface area (Å²) in [6.07, 6.45) is 2.50. The smallest absolute Gasteiger partial charge is 0.327 e. The van der Waals surface area contributed by atoms with E-state index in [0.717, 1.165) is 0 Å². The van der Waals surface area contributed by atoms with Gasteiger partial charge < -0.3 is 10.0 Å². The number of halogens is 1. The van der Waals surface area contributed by atoms with Crippen LogP contribution in [0.15, 0.2) is 12.4 Å². The number of rotatable bonds is 2. The Kier molecular flexibility index (Phi) is 3.49. The molecule has 0 saturated carbocycles. The molecule has 1 amide bonds. The Morgan fingerprint density at radius 3 is 2.82 bits per heavy atom. The predicted octanol–water partition coefficient (Wildman–Crippen LogP) is 0.730. The number of carboxylic acid groups (broad SMARTS) is 1. The average molecular weight is 274 g/mol. The minimum absolute atomic E-state index is 0.100. The predicted molar refractivity (Wildman–Crippen MR) is 62.0 cm³/mol. The molecule has 2 rings (SSSR count). The second-order valence-corrected chi connectivity index (χ2v) is 4.74. The molecule has 0 bridgehead atoms. The van der Waals surface area contributed by atoms with Crippen LogP contribution < -0.4 is 0 Å². The van der Waals surface area contributed by atoms with E-state index in [9.17, 15) is 9.59 Å². The highest BCUT2D eigenvalue weighted by molar-refractivity contribution is 7.99. The summed E-state index contributed by atoms with van der Waals surface area (Å²) >= 11 is 6.95. The molecule has 1 aliphatic rings. The molecule has 0 aliphatic carbocycles. The van der Waals surface area contributed by atoms with Gasteiger partial charge in [-0.1, -0.05) is 11.6 Å². The highest BCUT2D eigenvalue weighted by Crippen LogP contribution is 2.22. The maximum Gasteiger partial charge on any atom is 0.327 e. The summed E-state index contributed by atoms with van der Waals surface area (Å²) in [5.74, 6) is -0.709. The topological polar surface area (TPSA) is 83.4 Å². The summed E-state index contributed by atoms with van der Waals surface area (Å²) in [6, 6.07) is -0.801. The Morgan fingerprint density at radius 1 is 1.47 bits per heavy atom. The van der Waals surface area contributed by atoms with E-state index in [1.54, 1.807) is 0 Å². The van der Waals surface area contributed by atoms with Gasteiger partial charge in [0.1, 0.15) is 16.9 Å². The van der Waals surface area contributed by atoms with Gasteiger partial charge in [-0.2, -0.15) is 0 Å². The molecule has 1 unspecified atom stereocenters. The molecule has 1 aromatic rings. The van der Waals surface area contributed by atoms with E-state index in [1.807, 2.05) is 0 Å². The first-order valence-corrected chi connectivity index (χ1v) is 6.22. The number of carboxylic acids is 1. The van der Waals surface area contributed by atoms with E-state index in [-0.39, 0.29) is 10.8 Å². The van der Waals surface area contributed by atoms with Gasteiger partial charge in [0.05, 0.1) is 18.3 Å². The van der Waals surface area contributed by atoms with Crippen molar-refractivity contribution in [2.45, 2.75) is 6.04 Å². The number of nitrogens with zero attached hydrogens (tertiary/aromatic N) is 3.